The Balaban J connectivity index is 1.40. The third kappa shape index (κ3) is 5.98. The van der Waals surface area contributed by atoms with E-state index >= 15 is 0 Å². The number of benzene rings is 2. The van der Waals surface area contributed by atoms with Gasteiger partial charge in [0.2, 0.25) is 5.91 Å². The Bertz CT molecular complexity index is 1200. The summed E-state index contributed by atoms with van der Waals surface area (Å²) in [5.41, 5.74) is 1.24. The van der Waals surface area contributed by atoms with Gasteiger partial charge in [-0.3, -0.25) is 9.59 Å². The van der Waals surface area contributed by atoms with E-state index in [1.165, 1.54) is 12.1 Å². The Kier molecular flexibility index (Phi) is 7.04. The number of rotatable bonds is 5. The topological polar surface area (TPSA) is 74.3 Å². The second-order valence-corrected chi connectivity index (χ2v) is 8.53. The number of carbonyl (C=O) groups excluding carboxylic acids is 2. The molecule has 2 amide bonds. The zero-order valence-electron chi connectivity index (χ0n) is 19.1. The molecule has 0 aliphatic carbocycles. The maximum atomic E-state index is 13.2. The van der Waals surface area contributed by atoms with Gasteiger partial charge in [0.15, 0.2) is 0 Å². The Morgan fingerprint density at radius 2 is 1.74 bits per heavy atom. The normalized spacial score (nSPS) is 14.5. The lowest BCUT2D eigenvalue weighted by molar-refractivity contribution is -0.137. The van der Waals surface area contributed by atoms with E-state index in [9.17, 15) is 22.8 Å². The molecule has 0 atom stereocenters. The highest BCUT2D eigenvalue weighted by atomic mass is 19.4. The van der Waals surface area contributed by atoms with Gasteiger partial charge in [0.1, 0.15) is 5.82 Å². The number of pyridine rings is 1. The van der Waals surface area contributed by atoms with Crippen LogP contribution in [-0.2, 0) is 11.0 Å². The molecule has 0 bridgehead atoms. The predicted octanol–water partition coefficient (Wildman–Crippen LogP) is 5.64. The van der Waals surface area contributed by atoms with E-state index in [0.29, 0.717) is 43.0 Å². The molecule has 9 heteroatoms. The van der Waals surface area contributed by atoms with Crippen LogP contribution >= 0.6 is 0 Å². The summed E-state index contributed by atoms with van der Waals surface area (Å²) in [4.78, 5) is 31.7. The molecule has 0 spiro atoms. The molecule has 4 rings (SSSR count). The van der Waals surface area contributed by atoms with Crippen molar-refractivity contribution in [3.8, 4) is 0 Å². The van der Waals surface area contributed by atoms with Crippen molar-refractivity contribution < 1.29 is 22.8 Å². The molecule has 0 radical (unpaired) electrons. The third-order valence-electron chi connectivity index (χ3n) is 5.94. The molecular formula is C26H25F3N4O2. The number of anilines is 3. The number of aryl methyl sites for hydroxylation is 1. The first kappa shape index (κ1) is 24.3. The van der Waals surface area contributed by atoms with E-state index in [1.807, 2.05) is 13.0 Å². The highest BCUT2D eigenvalue weighted by molar-refractivity contribution is 6.00. The zero-order chi connectivity index (χ0) is 25.0. The largest absolute Gasteiger partial charge is 0.416 e. The fourth-order valence-electron chi connectivity index (χ4n) is 3.99. The molecule has 0 unspecified atom stereocenters. The van der Waals surface area contributed by atoms with Crippen molar-refractivity contribution in [3.63, 3.8) is 0 Å². The van der Waals surface area contributed by atoms with Crippen molar-refractivity contribution in [2.75, 3.05) is 23.7 Å². The number of nitrogens with one attached hydrogen (secondary N) is 2. The molecule has 0 saturated carbocycles. The Morgan fingerprint density at radius 1 is 1.00 bits per heavy atom. The lowest BCUT2D eigenvalue weighted by Crippen LogP contribution is -2.41. The monoisotopic (exact) mass is 482 g/mol. The number of likely N-dealkylation sites (tertiary alicyclic amines) is 1. The van der Waals surface area contributed by atoms with Crippen LogP contribution in [0.25, 0.3) is 0 Å². The molecule has 1 aromatic heterocycles. The average Bonchev–Trinajstić information content (AvgIpc) is 2.85. The van der Waals surface area contributed by atoms with Crippen LogP contribution in [0.3, 0.4) is 0 Å². The van der Waals surface area contributed by atoms with Gasteiger partial charge in [-0.15, -0.1) is 0 Å². The van der Waals surface area contributed by atoms with Gasteiger partial charge in [0.05, 0.1) is 16.8 Å². The number of para-hydroxylation sites is 1. The van der Waals surface area contributed by atoms with Gasteiger partial charge in [0.25, 0.3) is 5.91 Å². The maximum Gasteiger partial charge on any atom is 0.416 e. The minimum absolute atomic E-state index is 0.125. The summed E-state index contributed by atoms with van der Waals surface area (Å²) in [6, 6.07) is 15.2. The van der Waals surface area contributed by atoms with Gasteiger partial charge in [-0.2, -0.15) is 13.2 Å². The number of hydrogen-bond donors (Lipinski definition) is 2. The number of nitrogens with zero attached hydrogens (tertiary/aromatic N) is 2. The zero-order valence-corrected chi connectivity index (χ0v) is 19.1. The van der Waals surface area contributed by atoms with Gasteiger partial charge >= 0.3 is 6.18 Å². The highest BCUT2D eigenvalue weighted by Gasteiger charge is 2.31. The summed E-state index contributed by atoms with van der Waals surface area (Å²) in [5, 5.41) is 5.77. The highest BCUT2D eigenvalue weighted by Crippen LogP contribution is 2.32. The molecule has 1 aliphatic heterocycles. The summed E-state index contributed by atoms with van der Waals surface area (Å²) >= 11 is 0. The number of carbonyl (C=O) groups is 2. The van der Waals surface area contributed by atoms with Crippen LogP contribution in [0.5, 0.6) is 0 Å². The molecule has 6 nitrogen and oxygen atoms in total. The lowest BCUT2D eigenvalue weighted by Gasteiger charge is -2.31. The summed E-state index contributed by atoms with van der Waals surface area (Å²) in [7, 11) is 0. The first-order valence-electron chi connectivity index (χ1n) is 11.3. The molecule has 182 valence electrons. The van der Waals surface area contributed by atoms with Gasteiger partial charge < -0.3 is 15.5 Å². The van der Waals surface area contributed by atoms with E-state index in [2.05, 4.69) is 15.6 Å². The van der Waals surface area contributed by atoms with Gasteiger partial charge in [-0.1, -0.05) is 24.3 Å². The molecule has 1 saturated heterocycles. The van der Waals surface area contributed by atoms with Crippen molar-refractivity contribution in [2.24, 2.45) is 5.92 Å². The van der Waals surface area contributed by atoms with Crippen LogP contribution in [0.15, 0.2) is 66.9 Å². The summed E-state index contributed by atoms with van der Waals surface area (Å²) < 4.78 is 39.2. The fraction of sp³-hybridized carbons (Fsp3) is 0.269. The fourth-order valence-corrected chi connectivity index (χ4v) is 3.99. The Labute approximate surface area is 201 Å². The predicted molar refractivity (Wildman–Crippen MR) is 127 cm³/mol. The van der Waals surface area contributed by atoms with Crippen molar-refractivity contribution in [1.29, 1.82) is 0 Å². The smallest absolute Gasteiger partial charge is 0.355 e. The number of aromatic nitrogens is 1. The molecule has 35 heavy (non-hydrogen) atoms. The van der Waals surface area contributed by atoms with E-state index in [4.69, 9.17) is 0 Å². The molecule has 1 fully saturated rings. The van der Waals surface area contributed by atoms with Crippen LogP contribution in [0.2, 0.25) is 0 Å². The third-order valence-corrected chi connectivity index (χ3v) is 5.94. The van der Waals surface area contributed by atoms with Crippen molar-refractivity contribution in [1.82, 2.24) is 9.88 Å². The van der Waals surface area contributed by atoms with Gasteiger partial charge in [-0.05, 0) is 61.7 Å². The van der Waals surface area contributed by atoms with Crippen LogP contribution in [0.1, 0.15) is 34.3 Å². The minimum atomic E-state index is -4.46. The van der Waals surface area contributed by atoms with Crippen LogP contribution < -0.4 is 10.6 Å². The average molecular weight is 483 g/mol. The molecule has 2 N–H and O–H groups in total. The SMILES string of the molecule is Cc1ccc(NC(=O)C2CCN(C(=O)c3ccccc3Nc3cccc(C(F)(F)F)c3)CC2)nc1. The minimum Gasteiger partial charge on any atom is -0.355 e. The second-order valence-electron chi connectivity index (χ2n) is 8.53. The Morgan fingerprint density at radius 3 is 2.43 bits per heavy atom. The number of amides is 2. The maximum absolute atomic E-state index is 13.2. The van der Waals surface area contributed by atoms with E-state index in [0.717, 1.165) is 17.7 Å². The number of halogens is 3. The molecular weight excluding hydrogens is 457 g/mol. The quantitative estimate of drug-likeness (QED) is 0.493. The van der Waals surface area contributed by atoms with Crippen LogP contribution in [-0.4, -0.2) is 34.8 Å². The van der Waals surface area contributed by atoms with E-state index < -0.39 is 11.7 Å². The van der Waals surface area contributed by atoms with Crippen LogP contribution in [0, 0.1) is 12.8 Å². The first-order chi connectivity index (χ1) is 16.7. The second kappa shape index (κ2) is 10.2. The van der Waals surface area contributed by atoms with Crippen LogP contribution in [0.4, 0.5) is 30.4 Å². The van der Waals surface area contributed by atoms with Crippen molar-refractivity contribution >= 4 is 29.0 Å². The first-order valence-corrected chi connectivity index (χ1v) is 11.3. The molecule has 3 aromatic rings. The van der Waals surface area contributed by atoms with Crippen molar-refractivity contribution in [2.45, 2.75) is 25.9 Å². The van der Waals surface area contributed by atoms with Gasteiger partial charge in [0, 0.05) is 30.9 Å². The molecule has 2 heterocycles. The number of hydrogen-bond acceptors (Lipinski definition) is 4. The van der Waals surface area contributed by atoms with Crippen molar-refractivity contribution in [3.05, 3.63) is 83.6 Å². The standard InChI is InChI=1S/C26H25F3N4O2/c1-17-9-10-23(30-16-17)32-24(34)18-11-13-33(14-12-18)25(35)21-7-2-3-8-22(21)31-20-6-4-5-19(15-20)26(27,28)29/h2-10,15-16,18,31H,11-14H2,1H3,(H,30,32,34). The lowest BCUT2D eigenvalue weighted by atomic mass is 9.95. The van der Waals surface area contributed by atoms with Gasteiger partial charge in [-0.25, -0.2) is 4.98 Å². The van der Waals surface area contributed by atoms with E-state index in [1.54, 1.807) is 41.4 Å². The summed E-state index contributed by atoms with van der Waals surface area (Å²) in [6.07, 6.45) is -1.76. The number of piperidine rings is 1. The molecule has 1 aliphatic rings. The number of alkyl halides is 3. The Hall–Kier alpha value is -3.88. The molecule has 2 aromatic carbocycles. The summed E-state index contributed by atoms with van der Waals surface area (Å²) in [5.74, 6) is -0.103. The summed E-state index contributed by atoms with van der Waals surface area (Å²) in [6.45, 7) is 2.71. The van der Waals surface area contributed by atoms with E-state index in [-0.39, 0.29) is 23.4 Å².